The maximum atomic E-state index is 10.0. The monoisotopic (exact) mass is 322 g/mol. The van der Waals surface area contributed by atoms with Crippen molar-refractivity contribution < 1.29 is 14.9 Å². The molecular weight excluding hydrogens is 288 g/mol. The summed E-state index contributed by atoms with van der Waals surface area (Å²) in [4.78, 5) is 0. The maximum Gasteiger partial charge on any atom is 0.163 e. The summed E-state index contributed by atoms with van der Waals surface area (Å²) in [5.74, 6) is -0.110. The Labute approximate surface area is 141 Å². The van der Waals surface area contributed by atoms with Gasteiger partial charge in [0.25, 0.3) is 0 Å². The minimum absolute atomic E-state index is 0.0399. The van der Waals surface area contributed by atoms with Crippen LogP contribution in [0.25, 0.3) is 0 Å². The van der Waals surface area contributed by atoms with Gasteiger partial charge in [-0.15, -0.1) is 0 Å². The largest absolute Gasteiger partial charge is 0.504 e. The molecular formula is C20H34O3. The Kier molecular flexibility index (Phi) is 10.5. The molecule has 1 aromatic rings. The molecule has 0 aliphatic carbocycles. The molecule has 3 nitrogen and oxygen atoms in total. The first-order valence-corrected chi connectivity index (χ1v) is 9.33. The van der Waals surface area contributed by atoms with Crippen molar-refractivity contribution >= 4 is 0 Å². The molecule has 0 fully saturated rings. The molecule has 2 N–H and O–H groups in total. The lowest BCUT2D eigenvalue weighted by Gasteiger charge is -2.19. The quantitative estimate of drug-likeness (QED) is 0.341. The topological polar surface area (TPSA) is 49.7 Å². The van der Waals surface area contributed by atoms with Gasteiger partial charge in [0.2, 0.25) is 0 Å². The average Bonchev–Trinajstić information content (AvgIpc) is 2.55. The third-order valence-corrected chi connectivity index (χ3v) is 4.26. The molecule has 1 unspecified atom stereocenters. The smallest absolute Gasteiger partial charge is 0.163 e. The summed E-state index contributed by atoms with van der Waals surface area (Å²) in [6.07, 6.45) is 12.0. The summed E-state index contributed by atoms with van der Waals surface area (Å²) in [5, 5.41) is 19.7. The molecule has 0 heterocycles. The van der Waals surface area contributed by atoms with Gasteiger partial charge >= 0.3 is 0 Å². The zero-order valence-corrected chi connectivity index (χ0v) is 14.9. The van der Waals surface area contributed by atoms with Crippen molar-refractivity contribution in [2.45, 2.75) is 84.2 Å². The number of ether oxygens (including phenoxy) is 1. The summed E-state index contributed by atoms with van der Waals surface area (Å²) < 4.78 is 5.98. The van der Waals surface area contributed by atoms with Crippen LogP contribution in [0.3, 0.4) is 0 Å². The fourth-order valence-electron chi connectivity index (χ4n) is 2.86. The molecule has 3 heteroatoms. The van der Waals surface area contributed by atoms with Crippen LogP contribution in [-0.4, -0.2) is 16.8 Å². The fraction of sp³-hybridized carbons (Fsp3) is 0.700. The molecule has 0 saturated carbocycles. The van der Waals surface area contributed by atoms with E-state index in [1.807, 2.05) is 6.07 Å². The predicted molar refractivity (Wildman–Crippen MR) is 96.0 cm³/mol. The summed E-state index contributed by atoms with van der Waals surface area (Å²) in [6, 6.07) is 5.09. The van der Waals surface area contributed by atoms with E-state index in [0.29, 0.717) is 12.2 Å². The van der Waals surface area contributed by atoms with Crippen molar-refractivity contribution in [1.29, 1.82) is 0 Å². The third-order valence-electron chi connectivity index (χ3n) is 4.26. The second-order valence-corrected chi connectivity index (χ2v) is 6.34. The lowest BCUT2D eigenvalue weighted by atomic mass is 10.0. The van der Waals surface area contributed by atoms with Gasteiger partial charge < -0.3 is 14.9 Å². The number of rotatable bonds is 13. The zero-order valence-electron chi connectivity index (χ0n) is 14.9. The number of hydrogen-bond donors (Lipinski definition) is 2. The minimum Gasteiger partial charge on any atom is -0.504 e. The second kappa shape index (κ2) is 12.2. The van der Waals surface area contributed by atoms with Crippen LogP contribution in [0.2, 0.25) is 0 Å². The van der Waals surface area contributed by atoms with E-state index in [1.54, 1.807) is 6.07 Å². The third kappa shape index (κ3) is 7.74. The molecule has 0 saturated heterocycles. The van der Waals surface area contributed by atoms with Gasteiger partial charge in [-0.2, -0.15) is 0 Å². The van der Waals surface area contributed by atoms with Crippen molar-refractivity contribution in [3.8, 4) is 11.5 Å². The molecule has 1 atom stereocenters. The highest BCUT2D eigenvalue weighted by Gasteiger charge is 2.17. The van der Waals surface area contributed by atoms with Gasteiger partial charge in [0.15, 0.2) is 11.5 Å². The van der Waals surface area contributed by atoms with Crippen LogP contribution >= 0.6 is 0 Å². The van der Waals surface area contributed by atoms with E-state index in [4.69, 9.17) is 4.74 Å². The first kappa shape index (κ1) is 19.8. The van der Waals surface area contributed by atoms with Crippen LogP contribution in [-0.2, 0) is 4.74 Å². The van der Waals surface area contributed by atoms with E-state index in [9.17, 15) is 10.2 Å². The van der Waals surface area contributed by atoms with Crippen LogP contribution < -0.4 is 0 Å². The Hall–Kier alpha value is -1.22. The zero-order chi connectivity index (χ0) is 16.9. The molecule has 0 bridgehead atoms. The van der Waals surface area contributed by atoms with Crippen molar-refractivity contribution in [2.24, 2.45) is 0 Å². The molecule has 0 aliphatic rings. The number of phenolic OH excluding ortho intramolecular Hbond substituents is 2. The van der Waals surface area contributed by atoms with Crippen molar-refractivity contribution in [2.75, 3.05) is 6.61 Å². The predicted octanol–water partition coefficient (Wildman–Crippen LogP) is 6.10. The van der Waals surface area contributed by atoms with Crippen molar-refractivity contribution in [3.05, 3.63) is 23.8 Å². The number of phenols is 2. The molecule has 0 radical (unpaired) electrons. The Bertz CT molecular complexity index is 417. The van der Waals surface area contributed by atoms with Gasteiger partial charge in [0.05, 0.1) is 6.10 Å². The molecule has 1 rings (SSSR count). The summed E-state index contributed by atoms with van der Waals surface area (Å²) in [5.41, 5.74) is 0.700. The van der Waals surface area contributed by atoms with E-state index in [2.05, 4.69) is 13.8 Å². The molecule has 0 amide bonds. The Morgan fingerprint density at radius 2 is 1.52 bits per heavy atom. The van der Waals surface area contributed by atoms with E-state index < -0.39 is 0 Å². The molecule has 0 aromatic heterocycles. The Morgan fingerprint density at radius 3 is 2.17 bits per heavy atom. The Morgan fingerprint density at radius 1 is 0.870 bits per heavy atom. The fourth-order valence-corrected chi connectivity index (χ4v) is 2.86. The number of para-hydroxylation sites is 1. The number of unbranched alkanes of at least 4 members (excludes halogenated alkanes) is 7. The molecule has 0 spiro atoms. The van der Waals surface area contributed by atoms with Crippen LogP contribution in [0.4, 0.5) is 0 Å². The normalized spacial score (nSPS) is 12.4. The molecule has 1 aromatic carbocycles. The number of benzene rings is 1. The van der Waals surface area contributed by atoms with Crippen LogP contribution in [0, 0.1) is 0 Å². The second-order valence-electron chi connectivity index (χ2n) is 6.34. The maximum absolute atomic E-state index is 10.0. The van der Waals surface area contributed by atoms with E-state index >= 15 is 0 Å². The molecule has 23 heavy (non-hydrogen) atoms. The first-order valence-electron chi connectivity index (χ1n) is 9.33. The average molecular weight is 322 g/mol. The van der Waals surface area contributed by atoms with E-state index in [0.717, 1.165) is 19.3 Å². The lowest BCUT2D eigenvalue weighted by Crippen LogP contribution is -2.06. The van der Waals surface area contributed by atoms with Gasteiger partial charge in [-0.3, -0.25) is 0 Å². The first-order chi connectivity index (χ1) is 11.2. The van der Waals surface area contributed by atoms with Crippen LogP contribution in [0.1, 0.15) is 89.7 Å². The summed E-state index contributed by atoms with van der Waals surface area (Å²) in [7, 11) is 0. The van der Waals surface area contributed by atoms with E-state index in [1.165, 1.54) is 51.0 Å². The minimum atomic E-state index is -0.128. The van der Waals surface area contributed by atoms with Gasteiger partial charge in [-0.1, -0.05) is 77.3 Å². The van der Waals surface area contributed by atoms with Crippen LogP contribution in [0.5, 0.6) is 11.5 Å². The van der Waals surface area contributed by atoms with Gasteiger partial charge in [0.1, 0.15) is 0 Å². The van der Waals surface area contributed by atoms with E-state index in [-0.39, 0.29) is 17.6 Å². The standard InChI is InChI=1S/C20H34O3/c1-3-5-6-7-8-9-10-11-16-23-19(13-4-2)17-14-12-15-18(21)20(17)22/h12,14-15,19,21-22H,3-11,13,16H2,1-2H3. The summed E-state index contributed by atoms with van der Waals surface area (Å²) >= 11 is 0. The van der Waals surface area contributed by atoms with Crippen molar-refractivity contribution in [3.63, 3.8) is 0 Å². The highest BCUT2D eigenvalue weighted by Crippen LogP contribution is 2.36. The van der Waals surface area contributed by atoms with Gasteiger partial charge in [-0.05, 0) is 18.9 Å². The summed E-state index contributed by atoms with van der Waals surface area (Å²) in [6.45, 7) is 5.07. The molecule has 132 valence electrons. The SMILES string of the molecule is CCCCCCCCCCOC(CCC)c1cccc(O)c1O. The Balaban J connectivity index is 2.27. The molecule has 0 aliphatic heterocycles. The highest BCUT2D eigenvalue weighted by atomic mass is 16.5. The lowest BCUT2D eigenvalue weighted by molar-refractivity contribution is 0.0417. The number of hydrogen-bond acceptors (Lipinski definition) is 3. The highest BCUT2D eigenvalue weighted by molar-refractivity contribution is 5.45. The van der Waals surface area contributed by atoms with Gasteiger partial charge in [0, 0.05) is 12.2 Å². The number of aromatic hydroxyl groups is 2. The van der Waals surface area contributed by atoms with Gasteiger partial charge in [-0.25, -0.2) is 0 Å². The van der Waals surface area contributed by atoms with Crippen LogP contribution in [0.15, 0.2) is 18.2 Å². The van der Waals surface area contributed by atoms with Crippen molar-refractivity contribution in [1.82, 2.24) is 0 Å².